The van der Waals surface area contributed by atoms with Gasteiger partial charge in [-0.2, -0.15) is 0 Å². The Bertz CT molecular complexity index is 943. The van der Waals surface area contributed by atoms with E-state index in [1.54, 1.807) is 36.4 Å². The lowest BCUT2D eigenvalue weighted by atomic mass is 10.1. The molecule has 0 N–H and O–H groups in total. The average molecular weight is 386 g/mol. The predicted octanol–water partition coefficient (Wildman–Crippen LogP) is 2.10. The van der Waals surface area contributed by atoms with Crippen molar-refractivity contribution in [3.8, 4) is 11.3 Å². The molecule has 1 aliphatic heterocycles. The summed E-state index contributed by atoms with van der Waals surface area (Å²) >= 11 is 6.03. The molecule has 1 saturated heterocycles. The minimum absolute atomic E-state index is 0.0183. The molecular formula is C18H12NO5S2-. The van der Waals surface area contributed by atoms with E-state index in [0.29, 0.717) is 17.1 Å². The molecular weight excluding hydrogens is 374 g/mol. The summed E-state index contributed by atoms with van der Waals surface area (Å²) < 4.78 is 5.88. The first-order valence-electron chi connectivity index (χ1n) is 7.51. The maximum absolute atomic E-state index is 12.2. The van der Waals surface area contributed by atoms with Gasteiger partial charge >= 0.3 is 0 Å². The van der Waals surface area contributed by atoms with E-state index in [2.05, 4.69) is 0 Å². The Morgan fingerprint density at radius 2 is 1.92 bits per heavy atom. The Kier molecular flexibility index (Phi) is 5.06. The Balaban J connectivity index is 1.81. The fourth-order valence-corrected chi connectivity index (χ4v) is 3.58. The summed E-state index contributed by atoms with van der Waals surface area (Å²) in [5.41, 5.74) is 1.40. The van der Waals surface area contributed by atoms with Crippen molar-refractivity contribution in [2.24, 2.45) is 0 Å². The molecule has 0 radical (unpaired) electrons. The van der Waals surface area contributed by atoms with Gasteiger partial charge in [0.1, 0.15) is 15.8 Å². The lowest BCUT2D eigenvalue weighted by Gasteiger charge is -2.14. The van der Waals surface area contributed by atoms with Gasteiger partial charge in [0.05, 0.1) is 17.4 Å². The monoisotopic (exact) mass is 386 g/mol. The second-order valence-electron chi connectivity index (χ2n) is 5.48. The lowest BCUT2D eigenvalue weighted by molar-refractivity contribution is -0.305. The van der Waals surface area contributed by atoms with Gasteiger partial charge in [-0.15, -0.1) is 0 Å². The highest BCUT2D eigenvalue weighted by Gasteiger charge is 2.32. The molecule has 1 fully saturated rings. The minimum Gasteiger partial charge on any atom is -0.548 e. The van der Waals surface area contributed by atoms with Crippen molar-refractivity contribution < 1.29 is 23.9 Å². The predicted molar refractivity (Wildman–Crippen MR) is 99.0 cm³/mol. The number of amides is 1. The molecule has 26 heavy (non-hydrogen) atoms. The number of benzene rings is 1. The third kappa shape index (κ3) is 3.76. The summed E-state index contributed by atoms with van der Waals surface area (Å²) in [7, 11) is 0. The highest BCUT2D eigenvalue weighted by Crippen LogP contribution is 2.33. The molecule has 1 aromatic heterocycles. The molecule has 6 nitrogen and oxygen atoms in total. The van der Waals surface area contributed by atoms with E-state index in [4.69, 9.17) is 16.6 Å². The number of carboxylic acids is 1. The first-order chi connectivity index (χ1) is 12.3. The van der Waals surface area contributed by atoms with Gasteiger partial charge in [-0.25, -0.2) is 0 Å². The zero-order chi connectivity index (χ0) is 18.8. The van der Waals surface area contributed by atoms with Crippen molar-refractivity contribution in [1.29, 1.82) is 0 Å². The van der Waals surface area contributed by atoms with E-state index < -0.39 is 18.4 Å². The molecule has 0 bridgehead atoms. The quantitative estimate of drug-likeness (QED) is 0.441. The van der Waals surface area contributed by atoms with Gasteiger partial charge in [0, 0.05) is 17.2 Å². The molecule has 132 valence electrons. The molecule has 2 aromatic rings. The Labute approximate surface area is 158 Å². The number of ketones is 1. The molecule has 2 heterocycles. The fraction of sp³-hybridized carbons (Fsp3) is 0.111. The van der Waals surface area contributed by atoms with Crippen LogP contribution in [-0.2, 0) is 9.59 Å². The van der Waals surface area contributed by atoms with E-state index in [1.165, 1.54) is 13.0 Å². The molecule has 3 rings (SSSR count). The van der Waals surface area contributed by atoms with Gasteiger partial charge < -0.3 is 14.3 Å². The smallest absolute Gasteiger partial charge is 0.266 e. The average Bonchev–Trinajstić information content (AvgIpc) is 3.15. The summed E-state index contributed by atoms with van der Waals surface area (Å²) in [4.78, 5) is 35.5. The number of furan rings is 1. The molecule has 0 unspecified atom stereocenters. The van der Waals surface area contributed by atoms with E-state index in [9.17, 15) is 19.5 Å². The van der Waals surface area contributed by atoms with Crippen LogP contribution in [0, 0.1) is 0 Å². The number of hydrogen-bond acceptors (Lipinski definition) is 7. The summed E-state index contributed by atoms with van der Waals surface area (Å²) in [5.74, 6) is -0.874. The first-order valence-corrected chi connectivity index (χ1v) is 8.74. The van der Waals surface area contributed by atoms with Gasteiger partial charge in [-0.1, -0.05) is 48.2 Å². The van der Waals surface area contributed by atoms with Crippen LogP contribution in [0.2, 0.25) is 0 Å². The molecule has 1 aromatic carbocycles. The van der Waals surface area contributed by atoms with Gasteiger partial charge in [0.25, 0.3) is 5.91 Å². The molecule has 0 aliphatic carbocycles. The van der Waals surface area contributed by atoms with Crippen LogP contribution < -0.4 is 5.11 Å². The fourth-order valence-electron chi connectivity index (χ4n) is 2.35. The standard InChI is InChI=1S/C18H13NO5S2/c1-10(20)11-2-4-12(5-3-11)14-7-6-13(24-14)8-15-17(23)19(9-16(21)22)18(25)26-15/h2-8H,9H2,1H3,(H,21,22)/p-1/b15-8+. The van der Waals surface area contributed by atoms with Crippen molar-refractivity contribution >= 4 is 52.0 Å². The summed E-state index contributed by atoms with van der Waals surface area (Å²) in [6.07, 6.45) is 1.52. The van der Waals surface area contributed by atoms with Crippen LogP contribution in [0.3, 0.4) is 0 Å². The lowest BCUT2D eigenvalue weighted by Crippen LogP contribution is -2.40. The number of aliphatic carboxylic acids is 1. The van der Waals surface area contributed by atoms with Crippen molar-refractivity contribution in [3.05, 3.63) is 52.6 Å². The Morgan fingerprint density at radius 3 is 2.54 bits per heavy atom. The van der Waals surface area contributed by atoms with Crippen LogP contribution in [-0.4, -0.2) is 33.4 Å². The van der Waals surface area contributed by atoms with Crippen LogP contribution in [0.1, 0.15) is 23.0 Å². The van der Waals surface area contributed by atoms with Crippen molar-refractivity contribution in [2.45, 2.75) is 6.92 Å². The minimum atomic E-state index is -1.38. The molecule has 0 saturated carbocycles. The number of thioether (sulfide) groups is 1. The number of thiocarbonyl (C=S) groups is 1. The number of rotatable bonds is 5. The van der Waals surface area contributed by atoms with Gasteiger partial charge in [0.15, 0.2) is 5.78 Å². The zero-order valence-electron chi connectivity index (χ0n) is 13.6. The number of nitrogens with zero attached hydrogens (tertiary/aromatic N) is 1. The van der Waals surface area contributed by atoms with Crippen LogP contribution in [0.25, 0.3) is 17.4 Å². The second kappa shape index (κ2) is 7.27. The summed E-state index contributed by atoms with van der Waals surface area (Å²) in [5, 5.41) is 10.7. The molecule has 8 heteroatoms. The summed E-state index contributed by atoms with van der Waals surface area (Å²) in [6, 6.07) is 10.4. The third-order valence-corrected chi connectivity index (χ3v) is 5.01. The van der Waals surface area contributed by atoms with Crippen LogP contribution in [0.5, 0.6) is 0 Å². The molecule has 1 amide bonds. The Morgan fingerprint density at radius 1 is 1.23 bits per heavy atom. The van der Waals surface area contributed by atoms with Gasteiger partial charge in [0.2, 0.25) is 0 Å². The normalized spacial score (nSPS) is 15.7. The number of hydrogen-bond donors (Lipinski definition) is 0. The van der Waals surface area contributed by atoms with Gasteiger partial charge in [-0.3, -0.25) is 14.5 Å². The number of Topliss-reactive ketones (excluding diaryl/α,β-unsaturated/α-hetero) is 1. The van der Waals surface area contributed by atoms with Crippen molar-refractivity contribution in [1.82, 2.24) is 4.90 Å². The van der Waals surface area contributed by atoms with E-state index in [0.717, 1.165) is 22.2 Å². The van der Waals surface area contributed by atoms with Crippen molar-refractivity contribution in [3.63, 3.8) is 0 Å². The maximum Gasteiger partial charge on any atom is 0.266 e. The van der Waals surface area contributed by atoms with Crippen molar-refractivity contribution in [2.75, 3.05) is 6.54 Å². The van der Waals surface area contributed by atoms with E-state index in [1.807, 2.05) is 0 Å². The first kappa shape index (κ1) is 18.1. The van der Waals surface area contributed by atoms with Crippen LogP contribution >= 0.6 is 24.0 Å². The molecule has 1 aliphatic rings. The number of carbonyl (C=O) groups excluding carboxylic acids is 3. The highest BCUT2D eigenvalue weighted by molar-refractivity contribution is 8.26. The zero-order valence-corrected chi connectivity index (χ0v) is 15.2. The van der Waals surface area contributed by atoms with E-state index in [-0.39, 0.29) is 15.0 Å². The summed E-state index contributed by atoms with van der Waals surface area (Å²) in [6.45, 7) is 0.921. The van der Waals surface area contributed by atoms with Crippen LogP contribution in [0.4, 0.5) is 0 Å². The van der Waals surface area contributed by atoms with Gasteiger partial charge in [-0.05, 0) is 19.1 Å². The largest absolute Gasteiger partial charge is 0.548 e. The number of carboxylic acid groups (broad SMARTS) is 1. The maximum atomic E-state index is 12.2. The molecule has 0 spiro atoms. The molecule has 0 atom stereocenters. The topological polar surface area (TPSA) is 90.6 Å². The van der Waals surface area contributed by atoms with E-state index >= 15 is 0 Å². The number of carbonyl (C=O) groups is 3. The van der Waals surface area contributed by atoms with Crippen LogP contribution in [0.15, 0.2) is 45.7 Å². The highest BCUT2D eigenvalue weighted by atomic mass is 32.2. The second-order valence-corrected chi connectivity index (χ2v) is 7.15. The third-order valence-electron chi connectivity index (χ3n) is 3.64. The SMILES string of the molecule is CC(=O)c1ccc(-c2ccc(/C=C3/SC(=S)N(CC(=O)[O-])C3=O)o2)cc1. The Hall–Kier alpha value is -2.71.